The van der Waals surface area contributed by atoms with Gasteiger partial charge in [-0.3, -0.25) is 4.98 Å². The number of aryl methyl sites for hydroxylation is 2. The lowest BCUT2D eigenvalue weighted by Crippen LogP contribution is -2.15. The molecule has 7 rings (SSSR count). The Labute approximate surface area is 319 Å². The number of amidine groups is 2. The van der Waals surface area contributed by atoms with E-state index in [1.54, 1.807) is 42.9 Å². The topological polar surface area (TPSA) is 184 Å². The maximum atomic E-state index is 9.72. The van der Waals surface area contributed by atoms with Crippen molar-refractivity contribution < 1.29 is 25.0 Å². The first-order valence-electron chi connectivity index (χ1n) is 18.0. The predicted molar refractivity (Wildman–Crippen MR) is 219 cm³/mol. The first-order valence-corrected chi connectivity index (χ1v) is 18.0. The van der Waals surface area contributed by atoms with Crippen molar-refractivity contribution in [3.8, 4) is 56.0 Å². The average Bonchev–Trinajstić information content (AvgIpc) is 3.69. The van der Waals surface area contributed by atoms with E-state index in [0.29, 0.717) is 11.1 Å². The maximum absolute atomic E-state index is 9.72. The van der Waals surface area contributed by atoms with Gasteiger partial charge in [-0.2, -0.15) is 0 Å². The number of oxime groups is 2. The van der Waals surface area contributed by atoms with E-state index in [9.17, 15) is 20.6 Å². The Kier molecular flexibility index (Phi) is 11.8. The molecule has 0 saturated carbocycles. The highest BCUT2D eigenvalue weighted by atomic mass is 16.4. The van der Waals surface area contributed by atoms with E-state index < -0.39 is 0 Å². The van der Waals surface area contributed by atoms with Crippen LogP contribution in [0, 0.1) is 0 Å². The Balaban J connectivity index is 0.000000188. The van der Waals surface area contributed by atoms with Crippen molar-refractivity contribution in [2.24, 2.45) is 21.8 Å². The predicted octanol–water partition coefficient (Wildman–Crippen LogP) is 9.69. The smallest absolute Gasteiger partial charge is 0.170 e. The molecule has 10 heteroatoms. The second-order valence-corrected chi connectivity index (χ2v) is 13.1. The minimum Gasteiger partial charge on any atom is -0.508 e. The molecule has 0 aliphatic rings. The van der Waals surface area contributed by atoms with Crippen LogP contribution >= 0.6 is 0 Å². The number of pyridine rings is 1. The molecular weight excluding hydrogens is 691 g/mol. The van der Waals surface area contributed by atoms with Crippen LogP contribution in [0.2, 0.25) is 0 Å². The largest absolute Gasteiger partial charge is 0.508 e. The molecule has 2 heterocycles. The highest BCUT2D eigenvalue weighted by Crippen LogP contribution is 2.39. The maximum Gasteiger partial charge on any atom is 0.170 e. The zero-order chi connectivity index (χ0) is 38.9. The minimum absolute atomic E-state index is 0.0573. The average molecular weight is 734 g/mol. The summed E-state index contributed by atoms with van der Waals surface area (Å²) in [5.41, 5.74) is 23.8. The van der Waals surface area contributed by atoms with Crippen molar-refractivity contribution in [1.29, 1.82) is 0 Å². The van der Waals surface area contributed by atoms with Crippen LogP contribution in [0.1, 0.15) is 48.9 Å². The monoisotopic (exact) mass is 733 g/mol. The number of aromatic hydroxyl groups is 2. The molecule has 0 radical (unpaired) electrons. The van der Waals surface area contributed by atoms with E-state index in [-0.39, 0.29) is 23.2 Å². The molecule has 0 aliphatic heterocycles. The van der Waals surface area contributed by atoms with Crippen molar-refractivity contribution in [1.82, 2.24) is 4.98 Å². The third-order valence-electron chi connectivity index (χ3n) is 9.29. The van der Waals surface area contributed by atoms with Gasteiger partial charge in [-0.15, -0.1) is 0 Å². The number of aromatic nitrogens is 1. The van der Waals surface area contributed by atoms with Crippen LogP contribution in [0.15, 0.2) is 143 Å². The summed E-state index contributed by atoms with van der Waals surface area (Å²) in [6.07, 6.45) is 8.83. The van der Waals surface area contributed by atoms with Crippen LogP contribution < -0.4 is 11.5 Å². The van der Waals surface area contributed by atoms with Crippen molar-refractivity contribution in [3.63, 3.8) is 0 Å². The zero-order valence-electron chi connectivity index (χ0n) is 30.6. The Morgan fingerprint density at radius 2 is 1.13 bits per heavy atom. The number of hydrogen-bond acceptors (Lipinski definition) is 8. The lowest BCUT2D eigenvalue weighted by Gasteiger charge is -2.18. The molecule has 278 valence electrons. The van der Waals surface area contributed by atoms with Gasteiger partial charge in [-0.1, -0.05) is 85.5 Å². The molecule has 0 amide bonds. The number of hydrogen-bond donors (Lipinski definition) is 6. The summed E-state index contributed by atoms with van der Waals surface area (Å²) in [5, 5.41) is 45.6. The molecule has 7 aromatic rings. The standard InChI is InChI=1S/C24H22N2O3.C21H21N3O2/c1-2-3-15-12-20(16-4-7-19(27)8-5-16)23(21(13-15)24(25)26-28)18-6-9-22-17(14-18)10-11-29-22;1-2-4-14-11-18(15-6-8-17(25)9-7-15)20(16-5-3-10-23-13-16)19(12-14)21(22)24-26/h4-14,27-28H,2-3H2,1H3,(H2,25,26);3,5-13,25-26H,2,4H2,1H3,(H2,22,24). The van der Waals surface area contributed by atoms with Gasteiger partial charge in [0, 0.05) is 45.6 Å². The Morgan fingerprint density at radius 1 is 0.618 bits per heavy atom. The number of benzene rings is 5. The van der Waals surface area contributed by atoms with Crippen molar-refractivity contribution in [2.45, 2.75) is 39.5 Å². The van der Waals surface area contributed by atoms with Crippen molar-refractivity contribution in [3.05, 3.63) is 150 Å². The molecule has 0 fully saturated rings. The second kappa shape index (κ2) is 17.2. The summed E-state index contributed by atoms with van der Waals surface area (Å²) in [6.45, 7) is 4.22. The fraction of sp³-hybridized carbons (Fsp3) is 0.133. The molecule has 0 saturated heterocycles. The lowest BCUT2D eigenvalue weighted by molar-refractivity contribution is 0.318. The van der Waals surface area contributed by atoms with Gasteiger partial charge in [0.25, 0.3) is 0 Å². The first-order chi connectivity index (χ1) is 26.7. The van der Waals surface area contributed by atoms with Crippen LogP contribution in [0.25, 0.3) is 55.5 Å². The Hall–Kier alpha value is -7.07. The van der Waals surface area contributed by atoms with Gasteiger partial charge >= 0.3 is 0 Å². The van der Waals surface area contributed by atoms with E-state index in [0.717, 1.165) is 92.3 Å². The quantitative estimate of drug-likeness (QED) is 0.0347. The summed E-state index contributed by atoms with van der Waals surface area (Å²) in [7, 11) is 0. The van der Waals surface area contributed by atoms with Gasteiger partial charge in [0.05, 0.1) is 6.26 Å². The molecule has 0 bridgehead atoms. The fourth-order valence-corrected chi connectivity index (χ4v) is 6.77. The van der Waals surface area contributed by atoms with Gasteiger partial charge in [0.2, 0.25) is 0 Å². The van der Waals surface area contributed by atoms with Crippen LogP contribution in [0.3, 0.4) is 0 Å². The lowest BCUT2D eigenvalue weighted by atomic mass is 9.87. The SMILES string of the molecule is CCCc1cc(C(N)=NO)c(-c2ccc3occc3c2)c(-c2ccc(O)cc2)c1.CCCc1cc(C(N)=NO)c(-c2cccnc2)c(-c2ccc(O)cc2)c1. The number of phenols is 2. The number of nitrogens with two attached hydrogens (primary N) is 2. The fourth-order valence-electron chi connectivity index (χ4n) is 6.77. The zero-order valence-corrected chi connectivity index (χ0v) is 30.6. The van der Waals surface area contributed by atoms with Gasteiger partial charge in [-0.25, -0.2) is 0 Å². The number of nitrogens with zero attached hydrogens (tertiary/aromatic N) is 3. The van der Waals surface area contributed by atoms with E-state index in [1.165, 1.54) is 0 Å². The van der Waals surface area contributed by atoms with Crippen LogP contribution in [-0.2, 0) is 12.8 Å². The number of fused-ring (bicyclic) bond motifs is 1. The summed E-state index contributed by atoms with van der Waals surface area (Å²) in [4.78, 5) is 4.21. The molecule has 2 aromatic heterocycles. The van der Waals surface area contributed by atoms with Gasteiger partial charge in [-0.05, 0) is 112 Å². The first kappa shape index (κ1) is 37.7. The molecule has 10 nitrogen and oxygen atoms in total. The minimum atomic E-state index is 0.0573. The summed E-state index contributed by atoms with van der Waals surface area (Å²) >= 11 is 0. The second-order valence-electron chi connectivity index (χ2n) is 13.1. The highest BCUT2D eigenvalue weighted by molar-refractivity contribution is 6.08. The highest BCUT2D eigenvalue weighted by Gasteiger charge is 2.19. The Morgan fingerprint density at radius 3 is 1.60 bits per heavy atom. The Bertz CT molecular complexity index is 2460. The summed E-state index contributed by atoms with van der Waals surface area (Å²) in [5.74, 6) is 0.529. The normalized spacial score (nSPS) is 11.7. The van der Waals surface area contributed by atoms with E-state index in [4.69, 9.17) is 15.9 Å². The summed E-state index contributed by atoms with van der Waals surface area (Å²) < 4.78 is 5.47. The molecule has 8 N–H and O–H groups in total. The number of rotatable bonds is 10. The van der Waals surface area contributed by atoms with E-state index >= 15 is 0 Å². The molecule has 0 aliphatic carbocycles. The number of phenolic OH excluding ortho intramolecular Hbond substituents is 2. The number of furan rings is 1. The third kappa shape index (κ3) is 8.44. The molecule has 0 atom stereocenters. The third-order valence-corrected chi connectivity index (χ3v) is 9.29. The summed E-state index contributed by atoms with van der Waals surface area (Å²) in [6, 6.07) is 33.9. The molecular formula is C45H43N5O5. The van der Waals surface area contributed by atoms with Gasteiger partial charge < -0.3 is 36.5 Å². The van der Waals surface area contributed by atoms with Crippen LogP contribution in [0.4, 0.5) is 0 Å². The molecule has 5 aromatic carbocycles. The van der Waals surface area contributed by atoms with E-state index in [1.807, 2.05) is 72.8 Å². The molecule has 0 unspecified atom stereocenters. The van der Waals surface area contributed by atoms with Crippen molar-refractivity contribution in [2.75, 3.05) is 0 Å². The van der Waals surface area contributed by atoms with Crippen LogP contribution in [-0.4, -0.2) is 37.3 Å². The molecule has 0 spiro atoms. The van der Waals surface area contributed by atoms with Crippen LogP contribution in [0.5, 0.6) is 11.5 Å². The van der Waals surface area contributed by atoms with Gasteiger partial charge in [0.1, 0.15) is 17.1 Å². The van der Waals surface area contributed by atoms with Gasteiger partial charge in [0.15, 0.2) is 11.7 Å². The van der Waals surface area contributed by atoms with Crippen molar-refractivity contribution >= 4 is 22.6 Å². The van der Waals surface area contributed by atoms with E-state index in [2.05, 4.69) is 41.3 Å². The molecule has 55 heavy (non-hydrogen) atoms.